The van der Waals surface area contributed by atoms with Gasteiger partial charge in [0.05, 0.1) is 26.3 Å². The van der Waals surface area contributed by atoms with E-state index in [-0.39, 0.29) is 17.5 Å². The van der Waals surface area contributed by atoms with Crippen LogP contribution in [0.4, 0.5) is 5.69 Å². The summed E-state index contributed by atoms with van der Waals surface area (Å²) in [5, 5.41) is 0. The number of rotatable bonds is 5. The largest absolute Gasteiger partial charge is 0.497 e. The molecule has 154 valence electrons. The van der Waals surface area contributed by atoms with Gasteiger partial charge >= 0.3 is 0 Å². The van der Waals surface area contributed by atoms with Gasteiger partial charge in [-0.05, 0) is 48.7 Å². The van der Waals surface area contributed by atoms with E-state index in [0.29, 0.717) is 23.6 Å². The third-order valence-corrected chi connectivity index (χ3v) is 5.42. The van der Waals surface area contributed by atoms with Crippen molar-refractivity contribution in [2.24, 2.45) is 0 Å². The lowest BCUT2D eigenvalue weighted by Crippen LogP contribution is -2.36. The lowest BCUT2D eigenvalue weighted by molar-refractivity contribution is 0.0980. The highest BCUT2D eigenvalue weighted by atomic mass is 16.5. The molecule has 0 unspecified atom stereocenters. The molecule has 2 aromatic carbocycles. The molecule has 0 spiro atoms. The van der Waals surface area contributed by atoms with Crippen molar-refractivity contribution >= 4 is 11.6 Å². The fourth-order valence-corrected chi connectivity index (χ4v) is 3.95. The van der Waals surface area contributed by atoms with Crippen molar-refractivity contribution in [3.63, 3.8) is 0 Å². The van der Waals surface area contributed by atoms with Crippen molar-refractivity contribution in [1.29, 1.82) is 0 Å². The Bertz CT molecular complexity index is 1130. The smallest absolute Gasteiger partial charge is 0.260 e. The molecule has 1 atom stereocenters. The average Bonchev–Trinajstić information content (AvgIpc) is 3.10. The number of amides is 1. The van der Waals surface area contributed by atoms with Crippen LogP contribution in [0.3, 0.4) is 0 Å². The fourth-order valence-electron chi connectivity index (χ4n) is 3.95. The number of hydrogen-bond donors (Lipinski definition) is 0. The van der Waals surface area contributed by atoms with E-state index in [4.69, 9.17) is 9.47 Å². The molecule has 4 rings (SSSR count). The number of pyridine rings is 1. The zero-order valence-corrected chi connectivity index (χ0v) is 17.3. The quantitative estimate of drug-likeness (QED) is 0.653. The summed E-state index contributed by atoms with van der Waals surface area (Å²) in [5.41, 5.74) is 3.24. The van der Waals surface area contributed by atoms with E-state index in [1.807, 2.05) is 42.2 Å². The Balaban J connectivity index is 1.66. The van der Waals surface area contributed by atoms with Crippen LogP contribution in [0.15, 0.2) is 65.6 Å². The van der Waals surface area contributed by atoms with Crippen LogP contribution in [0.1, 0.15) is 28.4 Å². The third-order valence-electron chi connectivity index (χ3n) is 5.42. The minimum absolute atomic E-state index is 0.0675. The SMILES string of the molecule is COc1cc(Cn2cc(C(=O)N3c4ccccc4C[C@@H]3C)ccc2=O)cc(OC)c1. The maximum Gasteiger partial charge on any atom is 0.260 e. The molecule has 0 saturated carbocycles. The molecule has 6 nitrogen and oxygen atoms in total. The second kappa shape index (κ2) is 8.06. The van der Waals surface area contributed by atoms with Gasteiger partial charge in [-0.2, -0.15) is 0 Å². The van der Waals surface area contributed by atoms with E-state index in [1.165, 1.54) is 10.6 Å². The van der Waals surface area contributed by atoms with Gasteiger partial charge in [-0.15, -0.1) is 0 Å². The number of benzene rings is 2. The van der Waals surface area contributed by atoms with Gasteiger partial charge in [0.15, 0.2) is 0 Å². The van der Waals surface area contributed by atoms with Crippen molar-refractivity contribution in [2.75, 3.05) is 19.1 Å². The summed E-state index contributed by atoms with van der Waals surface area (Å²) in [5.74, 6) is 1.18. The number of aromatic nitrogens is 1. The second-order valence-electron chi connectivity index (χ2n) is 7.46. The van der Waals surface area contributed by atoms with Gasteiger partial charge in [0.1, 0.15) is 11.5 Å². The van der Waals surface area contributed by atoms with Gasteiger partial charge < -0.3 is 18.9 Å². The average molecular weight is 404 g/mol. The summed E-state index contributed by atoms with van der Waals surface area (Å²) in [6, 6.07) is 16.5. The highest BCUT2D eigenvalue weighted by molar-refractivity contribution is 6.07. The summed E-state index contributed by atoms with van der Waals surface area (Å²) in [6.45, 7) is 2.34. The van der Waals surface area contributed by atoms with E-state index < -0.39 is 0 Å². The molecule has 3 aromatic rings. The van der Waals surface area contributed by atoms with Crippen LogP contribution in [0.5, 0.6) is 11.5 Å². The van der Waals surface area contributed by atoms with E-state index in [9.17, 15) is 9.59 Å². The molecular weight excluding hydrogens is 380 g/mol. The number of methoxy groups -OCH3 is 2. The molecule has 0 aliphatic carbocycles. The second-order valence-corrected chi connectivity index (χ2v) is 7.46. The highest BCUT2D eigenvalue weighted by Gasteiger charge is 2.31. The minimum Gasteiger partial charge on any atom is -0.497 e. The zero-order chi connectivity index (χ0) is 21.3. The summed E-state index contributed by atoms with van der Waals surface area (Å²) in [7, 11) is 3.16. The standard InChI is InChI=1S/C24H24N2O4/c1-16-10-18-6-4-5-7-22(18)26(16)24(28)19-8-9-23(27)25(15-19)14-17-11-20(29-2)13-21(12-17)30-3/h4-9,11-13,15-16H,10,14H2,1-3H3/t16-/m0/s1. The molecular formula is C24H24N2O4. The first-order valence-electron chi connectivity index (χ1n) is 9.84. The minimum atomic E-state index is -0.178. The van der Waals surface area contributed by atoms with E-state index in [1.54, 1.807) is 32.5 Å². The summed E-state index contributed by atoms with van der Waals surface area (Å²) in [4.78, 5) is 27.6. The Morgan fingerprint density at radius 1 is 1.03 bits per heavy atom. The van der Waals surface area contributed by atoms with Crippen LogP contribution < -0.4 is 19.9 Å². The summed E-state index contributed by atoms with van der Waals surface area (Å²) >= 11 is 0. The Kier molecular flexibility index (Phi) is 5.31. The Morgan fingerprint density at radius 3 is 2.43 bits per heavy atom. The van der Waals surface area contributed by atoms with Gasteiger partial charge in [-0.3, -0.25) is 9.59 Å². The molecule has 30 heavy (non-hydrogen) atoms. The van der Waals surface area contributed by atoms with Crippen LogP contribution in [-0.2, 0) is 13.0 Å². The molecule has 6 heteroatoms. The summed E-state index contributed by atoms with van der Waals surface area (Å²) in [6.07, 6.45) is 2.45. The number of anilines is 1. The van der Waals surface area contributed by atoms with Crippen molar-refractivity contribution < 1.29 is 14.3 Å². The number of nitrogens with zero attached hydrogens (tertiary/aromatic N) is 2. The third kappa shape index (κ3) is 3.68. The predicted molar refractivity (Wildman–Crippen MR) is 116 cm³/mol. The Hall–Kier alpha value is -3.54. The molecule has 1 amide bonds. The molecule has 0 N–H and O–H groups in total. The maximum atomic E-state index is 13.3. The molecule has 1 aliphatic heterocycles. The first-order chi connectivity index (χ1) is 14.5. The van der Waals surface area contributed by atoms with Gasteiger partial charge in [-0.1, -0.05) is 18.2 Å². The Morgan fingerprint density at radius 2 is 1.73 bits per heavy atom. The molecule has 2 heterocycles. The van der Waals surface area contributed by atoms with Crippen LogP contribution in [0.2, 0.25) is 0 Å². The maximum absolute atomic E-state index is 13.3. The van der Waals surface area contributed by atoms with Crippen molar-refractivity contribution in [3.8, 4) is 11.5 Å². The fraction of sp³-hybridized carbons (Fsp3) is 0.250. The van der Waals surface area contributed by atoms with Gasteiger partial charge in [-0.25, -0.2) is 0 Å². The lowest BCUT2D eigenvalue weighted by Gasteiger charge is -2.23. The number of carbonyl (C=O) groups excluding carboxylic acids is 1. The molecule has 0 fully saturated rings. The van der Waals surface area contributed by atoms with Gasteiger partial charge in [0.2, 0.25) is 0 Å². The van der Waals surface area contributed by atoms with Gasteiger partial charge in [0.25, 0.3) is 11.5 Å². The number of para-hydroxylation sites is 1. The summed E-state index contributed by atoms with van der Waals surface area (Å²) < 4.78 is 12.2. The van der Waals surface area contributed by atoms with Gasteiger partial charge in [0, 0.05) is 30.1 Å². The van der Waals surface area contributed by atoms with E-state index in [2.05, 4.69) is 6.07 Å². The molecule has 0 bridgehead atoms. The first kappa shape index (κ1) is 19.8. The lowest BCUT2D eigenvalue weighted by atomic mass is 10.1. The first-order valence-corrected chi connectivity index (χ1v) is 9.84. The van der Waals surface area contributed by atoms with Crippen LogP contribution in [0.25, 0.3) is 0 Å². The number of fused-ring (bicyclic) bond motifs is 1. The van der Waals surface area contributed by atoms with Crippen molar-refractivity contribution in [1.82, 2.24) is 4.57 Å². The van der Waals surface area contributed by atoms with E-state index in [0.717, 1.165) is 23.2 Å². The molecule has 0 radical (unpaired) electrons. The van der Waals surface area contributed by atoms with Crippen molar-refractivity contribution in [2.45, 2.75) is 25.9 Å². The van der Waals surface area contributed by atoms with Crippen LogP contribution in [0, 0.1) is 0 Å². The van der Waals surface area contributed by atoms with Crippen molar-refractivity contribution in [3.05, 3.63) is 87.8 Å². The molecule has 0 saturated heterocycles. The molecule has 1 aliphatic rings. The molecule has 1 aromatic heterocycles. The van der Waals surface area contributed by atoms with Crippen LogP contribution in [-0.4, -0.2) is 30.7 Å². The normalized spacial score (nSPS) is 15.0. The topological polar surface area (TPSA) is 60.8 Å². The number of hydrogen-bond acceptors (Lipinski definition) is 4. The van der Waals surface area contributed by atoms with Crippen LogP contribution >= 0.6 is 0 Å². The number of ether oxygens (including phenoxy) is 2. The monoisotopic (exact) mass is 404 g/mol. The zero-order valence-electron chi connectivity index (χ0n) is 17.3. The number of carbonyl (C=O) groups is 1. The Labute approximate surface area is 175 Å². The predicted octanol–water partition coefficient (Wildman–Crippen LogP) is 3.51. The van der Waals surface area contributed by atoms with E-state index >= 15 is 0 Å². The highest BCUT2D eigenvalue weighted by Crippen LogP contribution is 2.33.